The first-order chi connectivity index (χ1) is 11.2. The number of nitrogens with one attached hydrogen (secondary N) is 1. The molecule has 1 saturated carbocycles. The van der Waals surface area contributed by atoms with E-state index in [-0.39, 0.29) is 18.3 Å². The van der Waals surface area contributed by atoms with Crippen LogP contribution < -0.4 is 11.1 Å². The lowest BCUT2D eigenvalue weighted by molar-refractivity contribution is -0.127. The molecule has 1 aliphatic carbocycles. The lowest BCUT2D eigenvalue weighted by Gasteiger charge is -2.31. The van der Waals surface area contributed by atoms with Gasteiger partial charge in [-0.25, -0.2) is 0 Å². The molecule has 1 amide bonds. The first-order valence-electron chi connectivity index (χ1n) is 8.90. The molecule has 1 aromatic carbocycles. The second-order valence-electron chi connectivity index (χ2n) is 6.53. The van der Waals surface area contributed by atoms with Crippen LogP contribution in [0, 0.1) is 0 Å². The van der Waals surface area contributed by atoms with E-state index in [4.69, 9.17) is 10.5 Å². The van der Waals surface area contributed by atoms with E-state index in [2.05, 4.69) is 29.6 Å². The van der Waals surface area contributed by atoms with Gasteiger partial charge < -0.3 is 15.8 Å². The summed E-state index contributed by atoms with van der Waals surface area (Å²) in [5.41, 5.74) is 6.89. The van der Waals surface area contributed by atoms with Gasteiger partial charge in [0.25, 0.3) is 0 Å². The first-order valence-corrected chi connectivity index (χ1v) is 8.90. The SMILES string of the molecule is Cl.NC1(C(=O)NCCCCOCCc2ccccc2)CCCCC1. The largest absolute Gasteiger partial charge is 0.381 e. The molecule has 24 heavy (non-hydrogen) atoms. The predicted octanol–water partition coefficient (Wildman–Crippen LogP) is 3.23. The van der Waals surface area contributed by atoms with Gasteiger partial charge >= 0.3 is 0 Å². The van der Waals surface area contributed by atoms with Gasteiger partial charge in [0.05, 0.1) is 12.1 Å². The van der Waals surface area contributed by atoms with Crippen molar-refractivity contribution in [1.29, 1.82) is 0 Å². The Morgan fingerprint density at radius 2 is 1.79 bits per heavy atom. The highest BCUT2D eigenvalue weighted by atomic mass is 35.5. The molecule has 2 rings (SSSR count). The molecule has 0 spiro atoms. The predicted molar refractivity (Wildman–Crippen MR) is 100 cm³/mol. The zero-order chi connectivity index (χ0) is 16.4. The van der Waals surface area contributed by atoms with Crippen LogP contribution in [-0.2, 0) is 16.0 Å². The smallest absolute Gasteiger partial charge is 0.240 e. The molecule has 0 atom stereocenters. The van der Waals surface area contributed by atoms with Crippen LogP contribution in [0.4, 0.5) is 0 Å². The van der Waals surface area contributed by atoms with Crippen LogP contribution in [-0.4, -0.2) is 31.2 Å². The zero-order valence-electron chi connectivity index (χ0n) is 14.5. The first kappa shape index (κ1) is 20.9. The van der Waals surface area contributed by atoms with E-state index in [1.807, 2.05) is 6.07 Å². The summed E-state index contributed by atoms with van der Waals surface area (Å²) < 4.78 is 5.64. The Bertz CT molecular complexity index is 462. The molecule has 1 aliphatic rings. The Balaban J connectivity index is 0.00000288. The van der Waals surface area contributed by atoms with Crippen molar-refractivity contribution in [3.8, 4) is 0 Å². The van der Waals surface area contributed by atoms with E-state index in [9.17, 15) is 4.79 Å². The van der Waals surface area contributed by atoms with Gasteiger partial charge in [-0.2, -0.15) is 0 Å². The highest BCUT2D eigenvalue weighted by Crippen LogP contribution is 2.25. The van der Waals surface area contributed by atoms with Gasteiger partial charge in [0, 0.05) is 13.2 Å². The summed E-state index contributed by atoms with van der Waals surface area (Å²) >= 11 is 0. The fourth-order valence-corrected chi connectivity index (χ4v) is 3.05. The molecule has 0 aliphatic heterocycles. The van der Waals surface area contributed by atoms with Crippen LogP contribution >= 0.6 is 12.4 Å². The molecule has 0 heterocycles. The highest BCUT2D eigenvalue weighted by molar-refractivity contribution is 5.86. The third kappa shape index (κ3) is 7.20. The van der Waals surface area contributed by atoms with Crippen molar-refractivity contribution < 1.29 is 9.53 Å². The third-order valence-electron chi connectivity index (χ3n) is 4.58. The van der Waals surface area contributed by atoms with E-state index < -0.39 is 5.54 Å². The summed E-state index contributed by atoms with van der Waals surface area (Å²) in [6, 6.07) is 10.4. The van der Waals surface area contributed by atoms with Crippen LogP contribution in [0.25, 0.3) is 0 Å². The zero-order valence-corrected chi connectivity index (χ0v) is 15.3. The number of hydrogen-bond acceptors (Lipinski definition) is 3. The molecule has 0 radical (unpaired) electrons. The van der Waals surface area contributed by atoms with Crippen LogP contribution in [0.15, 0.2) is 30.3 Å². The minimum absolute atomic E-state index is 0. The van der Waals surface area contributed by atoms with Crippen molar-refractivity contribution >= 4 is 18.3 Å². The van der Waals surface area contributed by atoms with Crippen molar-refractivity contribution in [1.82, 2.24) is 5.32 Å². The van der Waals surface area contributed by atoms with Crippen LogP contribution in [0.5, 0.6) is 0 Å². The van der Waals surface area contributed by atoms with E-state index in [0.29, 0.717) is 6.54 Å². The third-order valence-corrected chi connectivity index (χ3v) is 4.58. The van der Waals surface area contributed by atoms with Crippen molar-refractivity contribution in [2.24, 2.45) is 5.73 Å². The van der Waals surface area contributed by atoms with Crippen LogP contribution in [0.1, 0.15) is 50.5 Å². The van der Waals surface area contributed by atoms with Crippen molar-refractivity contribution in [2.45, 2.75) is 56.9 Å². The van der Waals surface area contributed by atoms with Gasteiger partial charge in [-0.3, -0.25) is 4.79 Å². The summed E-state index contributed by atoms with van der Waals surface area (Å²) in [4.78, 5) is 12.1. The van der Waals surface area contributed by atoms with Gasteiger partial charge in [-0.15, -0.1) is 12.4 Å². The number of rotatable bonds is 9. The minimum Gasteiger partial charge on any atom is -0.381 e. The maximum absolute atomic E-state index is 12.1. The summed E-state index contributed by atoms with van der Waals surface area (Å²) in [6.45, 7) is 2.19. The van der Waals surface area contributed by atoms with E-state index in [0.717, 1.165) is 58.2 Å². The molecule has 3 N–H and O–H groups in total. The molecular formula is C19H31ClN2O2. The fourth-order valence-electron chi connectivity index (χ4n) is 3.05. The number of amides is 1. The number of hydrogen-bond donors (Lipinski definition) is 2. The molecular weight excluding hydrogens is 324 g/mol. The molecule has 0 aromatic heterocycles. The number of carbonyl (C=O) groups excluding carboxylic acids is 1. The normalized spacial score (nSPS) is 16.2. The second kappa shape index (κ2) is 11.5. The Labute approximate surface area is 151 Å². The number of halogens is 1. The van der Waals surface area contributed by atoms with E-state index >= 15 is 0 Å². The van der Waals surface area contributed by atoms with E-state index in [1.165, 1.54) is 12.0 Å². The minimum atomic E-state index is -0.621. The molecule has 136 valence electrons. The van der Waals surface area contributed by atoms with E-state index in [1.54, 1.807) is 0 Å². The Kier molecular flexibility index (Phi) is 9.99. The number of benzene rings is 1. The maximum Gasteiger partial charge on any atom is 0.240 e. The van der Waals surface area contributed by atoms with Gasteiger partial charge in [-0.05, 0) is 37.7 Å². The molecule has 4 nitrogen and oxygen atoms in total. The number of unbranched alkanes of at least 4 members (excludes halogenated alkanes) is 1. The standard InChI is InChI=1S/C19H30N2O2.ClH/c20-19(12-5-2-6-13-19)18(22)21-14-7-8-15-23-16-11-17-9-3-1-4-10-17;/h1,3-4,9-10H,2,5-8,11-16,20H2,(H,21,22);1H. The number of ether oxygens (including phenoxy) is 1. The molecule has 0 unspecified atom stereocenters. The molecule has 1 aromatic rings. The molecule has 1 fully saturated rings. The highest BCUT2D eigenvalue weighted by Gasteiger charge is 2.34. The molecule has 0 bridgehead atoms. The van der Waals surface area contributed by atoms with Crippen molar-refractivity contribution in [3.63, 3.8) is 0 Å². The summed E-state index contributed by atoms with van der Waals surface area (Å²) in [5.74, 6) is 0.0298. The average molecular weight is 355 g/mol. The summed E-state index contributed by atoms with van der Waals surface area (Å²) in [5, 5.41) is 2.99. The van der Waals surface area contributed by atoms with Gasteiger partial charge in [0.15, 0.2) is 0 Å². The monoisotopic (exact) mass is 354 g/mol. The quantitative estimate of drug-likeness (QED) is 0.669. The lowest BCUT2D eigenvalue weighted by Crippen LogP contribution is -2.55. The Morgan fingerprint density at radius 3 is 2.50 bits per heavy atom. The number of nitrogens with two attached hydrogens (primary N) is 1. The van der Waals surface area contributed by atoms with Crippen LogP contribution in [0.2, 0.25) is 0 Å². The Morgan fingerprint density at radius 1 is 1.08 bits per heavy atom. The molecule has 5 heteroatoms. The lowest BCUT2D eigenvalue weighted by atomic mass is 9.82. The topological polar surface area (TPSA) is 64.4 Å². The van der Waals surface area contributed by atoms with Crippen molar-refractivity contribution in [2.75, 3.05) is 19.8 Å². The molecule has 0 saturated heterocycles. The van der Waals surface area contributed by atoms with Gasteiger partial charge in [0.1, 0.15) is 0 Å². The fraction of sp³-hybridized carbons (Fsp3) is 0.632. The van der Waals surface area contributed by atoms with Gasteiger partial charge in [-0.1, -0.05) is 49.6 Å². The number of carbonyl (C=O) groups is 1. The summed E-state index contributed by atoms with van der Waals surface area (Å²) in [6.07, 6.45) is 7.83. The Hall–Kier alpha value is -1.10. The maximum atomic E-state index is 12.1. The average Bonchev–Trinajstić information content (AvgIpc) is 2.58. The van der Waals surface area contributed by atoms with Gasteiger partial charge in [0.2, 0.25) is 5.91 Å². The van der Waals surface area contributed by atoms with Crippen molar-refractivity contribution in [3.05, 3.63) is 35.9 Å². The van der Waals surface area contributed by atoms with Crippen LogP contribution in [0.3, 0.4) is 0 Å². The summed E-state index contributed by atoms with van der Waals surface area (Å²) in [7, 11) is 0. The second-order valence-corrected chi connectivity index (χ2v) is 6.53.